The highest BCUT2D eigenvalue weighted by atomic mass is 16.5. The average Bonchev–Trinajstić information content (AvgIpc) is 2.56. The van der Waals surface area contributed by atoms with Crippen molar-refractivity contribution in [1.29, 1.82) is 0 Å². The fraction of sp³-hybridized carbons (Fsp3) is 0.263. The van der Waals surface area contributed by atoms with Crippen LogP contribution in [0.15, 0.2) is 48.5 Å². The molecule has 0 bridgehead atoms. The first kappa shape index (κ1) is 16.1. The fourth-order valence-corrected chi connectivity index (χ4v) is 2.72. The maximum Gasteiger partial charge on any atom is 0.331 e. The third kappa shape index (κ3) is 3.93. The van der Waals surface area contributed by atoms with Gasteiger partial charge in [0, 0.05) is 6.54 Å². The molecular formula is C19H20N2O3. The van der Waals surface area contributed by atoms with Crippen LogP contribution in [-0.4, -0.2) is 31.5 Å². The van der Waals surface area contributed by atoms with Crippen molar-refractivity contribution in [1.82, 2.24) is 5.32 Å². The Labute approximate surface area is 141 Å². The summed E-state index contributed by atoms with van der Waals surface area (Å²) >= 11 is 0. The predicted octanol–water partition coefficient (Wildman–Crippen LogP) is 2.08. The molecule has 2 aromatic rings. The van der Waals surface area contributed by atoms with Crippen molar-refractivity contribution < 1.29 is 14.3 Å². The van der Waals surface area contributed by atoms with Crippen LogP contribution in [0.5, 0.6) is 5.75 Å². The molecule has 24 heavy (non-hydrogen) atoms. The summed E-state index contributed by atoms with van der Waals surface area (Å²) in [5.41, 5.74) is 3.02. The first-order valence-electron chi connectivity index (χ1n) is 7.99. The van der Waals surface area contributed by atoms with E-state index in [1.54, 1.807) is 11.0 Å². The van der Waals surface area contributed by atoms with Crippen LogP contribution in [0, 0.1) is 6.92 Å². The van der Waals surface area contributed by atoms with E-state index in [4.69, 9.17) is 4.74 Å². The molecule has 0 fully saturated rings. The number of hydrogen-bond acceptors (Lipinski definition) is 4. The Hall–Kier alpha value is -2.82. The number of hydrogen-bond donors (Lipinski definition) is 1. The minimum absolute atomic E-state index is 0.0859. The van der Waals surface area contributed by atoms with E-state index in [1.807, 2.05) is 49.4 Å². The van der Waals surface area contributed by atoms with E-state index in [0.717, 1.165) is 17.7 Å². The molecule has 1 N–H and O–H groups in total. The number of benzene rings is 2. The SMILES string of the molecule is Cc1ccc2c(c1)N(CC(=O)NCCc1ccccc1)CC(=O)O2. The Morgan fingerprint density at radius 1 is 1.21 bits per heavy atom. The lowest BCUT2D eigenvalue weighted by Gasteiger charge is -2.29. The second-order valence-electron chi connectivity index (χ2n) is 5.89. The monoisotopic (exact) mass is 324 g/mol. The number of rotatable bonds is 5. The van der Waals surface area contributed by atoms with Crippen molar-refractivity contribution >= 4 is 17.6 Å². The largest absolute Gasteiger partial charge is 0.423 e. The van der Waals surface area contributed by atoms with Crippen LogP contribution < -0.4 is 15.0 Å². The van der Waals surface area contributed by atoms with Gasteiger partial charge in [-0.15, -0.1) is 0 Å². The van der Waals surface area contributed by atoms with Crippen molar-refractivity contribution in [2.45, 2.75) is 13.3 Å². The lowest BCUT2D eigenvalue weighted by Crippen LogP contribution is -2.43. The Bertz CT molecular complexity index is 744. The normalized spacial score (nSPS) is 13.2. The maximum atomic E-state index is 12.2. The van der Waals surface area contributed by atoms with Crippen molar-refractivity contribution in [3.05, 3.63) is 59.7 Å². The molecule has 0 spiro atoms. The number of aryl methyl sites for hydroxylation is 1. The summed E-state index contributed by atoms with van der Waals surface area (Å²) in [5.74, 6) is 0.0606. The van der Waals surface area contributed by atoms with Crippen LogP contribution in [-0.2, 0) is 16.0 Å². The molecule has 5 heteroatoms. The fourth-order valence-electron chi connectivity index (χ4n) is 2.72. The Kier molecular flexibility index (Phi) is 4.79. The molecule has 0 aromatic heterocycles. The summed E-state index contributed by atoms with van der Waals surface area (Å²) in [6.45, 7) is 2.76. The standard InChI is InChI=1S/C19H20N2O3/c1-14-7-8-17-16(11-14)21(13-19(23)24-17)12-18(22)20-10-9-15-5-3-2-4-6-15/h2-8,11H,9-10,12-13H2,1H3,(H,20,22). The molecular weight excluding hydrogens is 304 g/mol. The summed E-state index contributed by atoms with van der Waals surface area (Å²) in [5, 5.41) is 2.91. The second-order valence-corrected chi connectivity index (χ2v) is 5.89. The van der Waals surface area contributed by atoms with Gasteiger partial charge in [-0.05, 0) is 36.6 Å². The number of carbonyl (C=O) groups is 2. The summed E-state index contributed by atoms with van der Waals surface area (Å²) < 4.78 is 5.23. The van der Waals surface area contributed by atoms with Crippen LogP contribution in [0.1, 0.15) is 11.1 Å². The molecule has 0 saturated carbocycles. The third-order valence-corrected chi connectivity index (χ3v) is 3.91. The minimum Gasteiger partial charge on any atom is -0.423 e. The molecule has 0 radical (unpaired) electrons. The molecule has 0 unspecified atom stereocenters. The molecule has 124 valence electrons. The maximum absolute atomic E-state index is 12.2. The van der Waals surface area contributed by atoms with Gasteiger partial charge < -0.3 is 15.0 Å². The molecule has 2 aromatic carbocycles. The number of fused-ring (bicyclic) bond motifs is 1. The van der Waals surface area contributed by atoms with Crippen molar-refractivity contribution in [2.24, 2.45) is 0 Å². The quantitative estimate of drug-likeness (QED) is 0.676. The van der Waals surface area contributed by atoms with Crippen molar-refractivity contribution in [3.8, 4) is 5.75 Å². The lowest BCUT2D eigenvalue weighted by molar-refractivity contribution is -0.133. The van der Waals surface area contributed by atoms with Gasteiger partial charge in [0.15, 0.2) is 5.75 Å². The van der Waals surface area contributed by atoms with E-state index in [2.05, 4.69) is 5.32 Å². The second kappa shape index (κ2) is 7.17. The van der Waals surface area contributed by atoms with Crippen molar-refractivity contribution in [2.75, 3.05) is 24.5 Å². The Balaban J connectivity index is 1.58. The molecule has 1 aliphatic rings. The Morgan fingerprint density at radius 3 is 2.79 bits per heavy atom. The smallest absolute Gasteiger partial charge is 0.331 e. The van der Waals surface area contributed by atoms with Gasteiger partial charge in [-0.2, -0.15) is 0 Å². The van der Waals surface area contributed by atoms with Gasteiger partial charge in [0.1, 0.15) is 6.54 Å². The van der Waals surface area contributed by atoms with Gasteiger partial charge in [-0.25, -0.2) is 4.79 Å². The predicted molar refractivity (Wildman–Crippen MR) is 92.2 cm³/mol. The van der Waals surface area contributed by atoms with Crippen LogP contribution >= 0.6 is 0 Å². The molecule has 0 atom stereocenters. The number of nitrogens with one attached hydrogen (secondary N) is 1. The first-order valence-corrected chi connectivity index (χ1v) is 7.99. The van der Waals surface area contributed by atoms with E-state index in [-0.39, 0.29) is 25.0 Å². The number of anilines is 1. The number of esters is 1. The minimum atomic E-state index is -0.344. The van der Waals surface area contributed by atoms with Gasteiger partial charge in [-0.3, -0.25) is 4.79 Å². The topological polar surface area (TPSA) is 58.6 Å². The molecule has 5 nitrogen and oxygen atoms in total. The molecule has 1 heterocycles. The number of nitrogens with zero attached hydrogens (tertiary/aromatic N) is 1. The molecule has 1 aliphatic heterocycles. The van der Waals surface area contributed by atoms with Gasteiger partial charge in [0.25, 0.3) is 0 Å². The van der Waals surface area contributed by atoms with E-state index >= 15 is 0 Å². The van der Waals surface area contributed by atoms with Gasteiger partial charge in [0.05, 0.1) is 12.2 Å². The zero-order valence-electron chi connectivity index (χ0n) is 13.6. The highest BCUT2D eigenvalue weighted by Crippen LogP contribution is 2.32. The van der Waals surface area contributed by atoms with Crippen LogP contribution in [0.4, 0.5) is 5.69 Å². The number of carbonyl (C=O) groups excluding carboxylic acids is 2. The van der Waals surface area contributed by atoms with E-state index < -0.39 is 0 Å². The zero-order valence-corrected chi connectivity index (χ0v) is 13.6. The van der Waals surface area contributed by atoms with Crippen LogP contribution in [0.2, 0.25) is 0 Å². The highest BCUT2D eigenvalue weighted by Gasteiger charge is 2.25. The molecule has 1 amide bonds. The summed E-state index contributed by atoms with van der Waals surface area (Å²) in [6, 6.07) is 15.6. The summed E-state index contributed by atoms with van der Waals surface area (Å²) in [6.07, 6.45) is 0.782. The highest BCUT2D eigenvalue weighted by molar-refractivity contribution is 5.89. The molecule has 0 aliphatic carbocycles. The van der Waals surface area contributed by atoms with Crippen LogP contribution in [0.3, 0.4) is 0 Å². The Morgan fingerprint density at radius 2 is 2.00 bits per heavy atom. The third-order valence-electron chi connectivity index (χ3n) is 3.91. The molecule has 0 saturated heterocycles. The average molecular weight is 324 g/mol. The number of ether oxygens (including phenoxy) is 1. The first-order chi connectivity index (χ1) is 11.6. The van der Waals surface area contributed by atoms with E-state index in [9.17, 15) is 9.59 Å². The lowest BCUT2D eigenvalue weighted by atomic mass is 10.1. The van der Waals surface area contributed by atoms with Gasteiger partial charge in [0.2, 0.25) is 5.91 Å². The molecule has 3 rings (SSSR count). The number of amides is 1. The van der Waals surface area contributed by atoms with E-state index in [0.29, 0.717) is 12.3 Å². The van der Waals surface area contributed by atoms with Gasteiger partial charge >= 0.3 is 5.97 Å². The van der Waals surface area contributed by atoms with Crippen molar-refractivity contribution in [3.63, 3.8) is 0 Å². The zero-order chi connectivity index (χ0) is 16.9. The summed E-state index contributed by atoms with van der Waals surface area (Å²) in [4.78, 5) is 25.7. The van der Waals surface area contributed by atoms with Gasteiger partial charge in [-0.1, -0.05) is 36.4 Å². The summed E-state index contributed by atoms with van der Waals surface area (Å²) in [7, 11) is 0. The van der Waals surface area contributed by atoms with E-state index in [1.165, 1.54) is 5.56 Å². The van der Waals surface area contributed by atoms with Crippen LogP contribution in [0.25, 0.3) is 0 Å².